The van der Waals surface area contributed by atoms with Gasteiger partial charge in [-0.1, -0.05) is 55.5 Å². The zero-order valence-electron chi connectivity index (χ0n) is 11.9. The largest absolute Gasteiger partial charge is 0.493 e. The van der Waals surface area contributed by atoms with E-state index < -0.39 is 0 Å². The van der Waals surface area contributed by atoms with E-state index in [4.69, 9.17) is 4.74 Å². The van der Waals surface area contributed by atoms with Gasteiger partial charge in [0.15, 0.2) is 0 Å². The van der Waals surface area contributed by atoms with Gasteiger partial charge in [-0.05, 0) is 18.1 Å². The van der Waals surface area contributed by atoms with Crippen LogP contribution in [0.5, 0.6) is 5.75 Å². The molecule has 20 heavy (non-hydrogen) atoms. The summed E-state index contributed by atoms with van der Waals surface area (Å²) in [4.78, 5) is 0. The van der Waals surface area contributed by atoms with Gasteiger partial charge in [-0.15, -0.1) is 0 Å². The molecule has 0 saturated heterocycles. The zero-order valence-corrected chi connectivity index (χ0v) is 11.9. The normalized spacial score (nSPS) is 18.9. The summed E-state index contributed by atoms with van der Waals surface area (Å²) in [6.45, 7) is 3.02. The van der Waals surface area contributed by atoms with Crippen LogP contribution < -0.4 is 10.1 Å². The van der Waals surface area contributed by atoms with Gasteiger partial charge >= 0.3 is 0 Å². The first-order valence-corrected chi connectivity index (χ1v) is 7.41. The van der Waals surface area contributed by atoms with Gasteiger partial charge in [-0.3, -0.25) is 0 Å². The molecule has 2 unspecified atom stereocenters. The Morgan fingerprint density at radius 3 is 2.65 bits per heavy atom. The van der Waals surface area contributed by atoms with Gasteiger partial charge in [-0.25, -0.2) is 0 Å². The molecule has 1 aliphatic heterocycles. The molecule has 3 rings (SSSR count). The Bertz CT molecular complexity index is 552. The molecule has 2 nitrogen and oxygen atoms in total. The van der Waals surface area contributed by atoms with Crippen LogP contribution >= 0.6 is 0 Å². The van der Waals surface area contributed by atoms with E-state index >= 15 is 0 Å². The van der Waals surface area contributed by atoms with E-state index in [1.54, 1.807) is 0 Å². The van der Waals surface area contributed by atoms with Gasteiger partial charge in [-0.2, -0.15) is 0 Å². The van der Waals surface area contributed by atoms with Gasteiger partial charge in [0.05, 0.1) is 6.61 Å². The molecular formula is C18H21NO. The van der Waals surface area contributed by atoms with Gasteiger partial charge < -0.3 is 10.1 Å². The first-order chi connectivity index (χ1) is 9.88. The summed E-state index contributed by atoms with van der Waals surface area (Å²) in [5.74, 6) is 1.03. The van der Waals surface area contributed by atoms with Crippen molar-refractivity contribution in [1.82, 2.24) is 5.32 Å². The topological polar surface area (TPSA) is 21.3 Å². The lowest BCUT2D eigenvalue weighted by Gasteiger charge is -2.30. The quantitative estimate of drug-likeness (QED) is 0.894. The number of hydrogen-bond donors (Lipinski definition) is 1. The Morgan fingerprint density at radius 1 is 1.10 bits per heavy atom. The highest BCUT2D eigenvalue weighted by atomic mass is 16.5. The molecule has 0 bridgehead atoms. The van der Waals surface area contributed by atoms with Gasteiger partial charge in [0.25, 0.3) is 0 Å². The van der Waals surface area contributed by atoms with Crippen LogP contribution in [0.1, 0.15) is 43.0 Å². The van der Waals surface area contributed by atoms with Crippen LogP contribution in [0.2, 0.25) is 0 Å². The highest BCUT2D eigenvalue weighted by Gasteiger charge is 2.23. The predicted octanol–water partition coefficient (Wildman–Crippen LogP) is 4.25. The average molecular weight is 267 g/mol. The molecule has 0 amide bonds. The molecule has 0 fully saturated rings. The number of benzene rings is 2. The van der Waals surface area contributed by atoms with Crippen LogP contribution in [0, 0.1) is 0 Å². The van der Waals surface area contributed by atoms with Crippen LogP contribution in [-0.2, 0) is 0 Å². The Morgan fingerprint density at radius 2 is 1.85 bits per heavy atom. The van der Waals surface area contributed by atoms with Crippen LogP contribution in [0.4, 0.5) is 0 Å². The molecule has 0 aliphatic carbocycles. The third-order valence-electron chi connectivity index (χ3n) is 3.97. The fourth-order valence-electron chi connectivity index (χ4n) is 2.89. The first kappa shape index (κ1) is 13.2. The Labute approximate surface area is 120 Å². The van der Waals surface area contributed by atoms with Crippen molar-refractivity contribution in [2.45, 2.75) is 31.8 Å². The summed E-state index contributed by atoms with van der Waals surface area (Å²) < 4.78 is 5.73. The minimum atomic E-state index is 0.380. The van der Waals surface area contributed by atoms with Crippen molar-refractivity contribution in [2.24, 2.45) is 0 Å². The van der Waals surface area contributed by atoms with Crippen LogP contribution in [0.15, 0.2) is 54.6 Å². The maximum Gasteiger partial charge on any atom is 0.124 e. The van der Waals surface area contributed by atoms with Crippen molar-refractivity contribution in [3.8, 4) is 5.75 Å². The Hall–Kier alpha value is -1.80. The maximum absolute atomic E-state index is 5.73. The fourth-order valence-corrected chi connectivity index (χ4v) is 2.89. The molecule has 1 heterocycles. The lowest BCUT2D eigenvalue weighted by atomic mass is 9.97. The van der Waals surface area contributed by atoms with Crippen molar-refractivity contribution in [2.75, 3.05) is 6.61 Å². The Balaban J connectivity index is 1.81. The van der Waals surface area contributed by atoms with Gasteiger partial charge in [0.2, 0.25) is 0 Å². The van der Waals surface area contributed by atoms with Crippen LogP contribution in [-0.4, -0.2) is 6.61 Å². The van der Waals surface area contributed by atoms with E-state index in [1.807, 2.05) is 6.07 Å². The third kappa shape index (κ3) is 2.70. The maximum atomic E-state index is 5.73. The summed E-state index contributed by atoms with van der Waals surface area (Å²) in [5, 5.41) is 3.80. The van der Waals surface area contributed by atoms with Crippen molar-refractivity contribution in [3.05, 3.63) is 65.7 Å². The standard InChI is InChI=1S/C18H21NO/c1-2-16(14-8-4-3-5-9-14)19-17-12-13-20-18-11-7-6-10-15(17)18/h3-11,16-17,19H,2,12-13H2,1H3. The second-order valence-corrected chi connectivity index (χ2v) is 5.27. The molecular weight excluding hydrogens is 246 g/mol. The van der Waals surface area contributed by atoms with E-state index in [0.29, 0.717) is 12.1 Å². The van der Waals surface area contributed by atoms with Crippen LogP contribution in [0.3, 0.4) is 0 Å². The summed E-state index contributed by atoms with van der Waals surface area (Å²) in [6, 6.07) is 19.8. The van der Waals surface area contributed by atoms with Crippen molar-refractivity contribution in [1.29, 1.82) is 0 Å². The molecule has 2 heteroatoms. The summed E-state index contributed by atoms with van der Waals surface area (Å²) >= 11 is 0. The lowest BCUT2D eigenvalue weighted by molar-refractivity contribution is 0.243. The first-order valence-electron chi connectivity index (χ1n) is 7.41. The molecule has 1 N–H and O–H groups in total. The van der Waals surface area contributed by atoms with E-state index in [1.165, 1.54) is 11.1 Å². The second kappa shape index (κ2) is 6.10. The minimum absolute atomic E-state index is 0.380. The van der Waals surface area contributed by atoms with Crippen LogP contribution in [0.25, 0.3) is 0 Å². The van der Waals surface area contributed by atoms with E-state index in [0.717, 1.165) is 25.2 Å². The molecule has 2 aromatic rings. The Kier molecular flexibility index (Phi) is 4.03. The summed E-state index contributed by atoms with van der Waals surface area (Å²) in [7, 11) is 0. The highest BCUT2D eigenvalue weighted by molar-refractivity contribution is 5.37. The molecule has 1 aliphatic rings. The fraction of sp³-hybridized carbons (Fsp3) is 0.333. The number of rotatable bonds is 4. The number of ether oxygens (including phenoxy) is 1. The third-order valence-corrected chi connectivity index (χ3v) is 3.97. The summed E-state index contributed by atoms with van der Waals surface area (Å²) in [6.07, 6.45) is 2.11. The molecule has 0 radical (unpaired) electrons. The SMILES string of the molecule is CCC(NC1CCOc2ccccc21)c1ccccc1. The number of nitrogens with one attached hydrogen (secondary N) is 1. The molecule has 0 saturated carbocycles. The van der Waals surface area contributed by atoms with Crippen molar-refractivity contribution >= 4 is 0 Å². The van der Waals surface area contributed by atoms with E-state index in [-0.39, 0.29) is 0 Å². The molecule has 0 spiro atoms. The van der Waals surface area contributed by atoms with Gasteiger partial charge in [0, 0.05) is 24.1 Å². The minimum Gasteiger partial charge on any atom is -0.493 e. The molecule has 2 aromatic carbocycles. The summed E-state index contributed by atoms with van der Waals surface area (Å²) in [5.41, 5.74) is 2.65. The van der Waals surface area contributed by atoms with Gasteiger partial charge in [0.1, 0.15) is 5.75 Å². The molecule has 104 valence electrons. The molecule has 0 aromatic heterocycles. The average Bonchev–Trinajstić information content (AvgIpc) is 2.53. The second-order valence-electron chi connectivity index (χ2n) is 5.27. The number of hydrogen-bond acceptors (Lipinski definition) is 2. The van der Waals surface area contributed by atoms with E-state index in [9.17, 15) is 0 Å². The highest BCUT2D eigenvalue weighted by Crippen LogP contribution is 2.33. The zero-order chi connectivity index (χ0) is 13.8. The van der Waals surface area contributed by atoms with E-state index in [2.05, 4.69) is 60.8 Å². The monoisotopic (exact) mass is 267 g/mol. The number of fused-ring (bicyclic) bond motifs is 1. The molecule has 2 atom stereocenters. The number of para-hydroxylation sites is 1. The lowest BCUT2D eigenvalue weighted by Crippen LogP contribution is -2.30. The predicted molar refractivity (Wildman–Crippen MR) is 81.9 cm³/mol. The smallest absolute Gasteiger partial charge is 0.124 e. The van der Waals surface area contributed by atoms with Crippen molar-refractivity contribution in [3.63, 3.8) is 0 Å². The van der Waals surface area contributed by atoms with Crippen molar-refractivity contribution < 1.29 is 4.74 Å².